The number of benzene rings is 2. The lowest BCUT2D eigenvalue weighted by molar-refractivity contribution is 0.102. The van der Waals surface area contributed by atoms with Crippen molar-refractivity contribution < 1.29 is 4.79 Å². The van der Waals surface area contributed by atoms with Gasteiger partial charge in [0.05, 0.1) is 0 Å². The topological polar surface area (TPSA) is 78.9 Å². The maximum Gasteiger partial charge on any atom is 0.255 e. The molecule has 0 saturated heterocycles. The molecular formula is C20H20ClN5O. The van der Waals surface area contributed by atoms with Crippen molar-refractivity contribution in [2.75, 3.05) is 22.5 Å². The zero-order valence-corrected chi connectivity index (χ0v) is 15.8. The van der Waals surface area contributed by atoms with Gasteiger partial charge in [-0.05, 0) is 62.4 Å². The van der Waals surface area contributed by atoms with Gasteiger partial charge in [0.1, 0.15) is 17.5 Å². The van der Waals surface area contributed by atoms with Crippen LogP contribution in [-0.4, -0.2) is 22.4 Å². The first-order valence-electron chi connectivity index (χ1n) is 8.57. The molecule has 0 aliphatic carbocycles. The molecule has 3 N–H and O–H groups in total. The predicted molar refractivity (Wildman–Crippen MR) is 110 cm³/mol. The summed E-state index contributed by atoms with van der Waals surface area (Å²) in [4.78, 5) is 21.0. The number of hydrogen-bond donors (Lipinski definition) is 3. The molecule has 0 atom stereocenters. The van der Waals surface area contributed by atoms with Gasteiger partial charge in [-0.15, -0.1) is 0 Å². The van der Waals surface area contributed by atoms with Crippen LogP contribution in [0.5, 0.6) is 0 Å². The van der Waals surface area contributed by atoms with Gasteiger partial charge in [0.15, 0.2) is 0 Å². The van der Waals surface area contributed by atoms with Crippen LogP contribution in [0.25, 0.3) is 0 Å². The van der Waals surface area contributed by atoms with Crippen molar-refractivity contribution in [1.82, 2.24) is 9.97 Å². The molecule has 1 aromatic heterocycles. The summed E-state index contributed by atoms with van der Waals surface area (Å²) in [5.74, 6) is 1.98. The Hall–Kier alpha value is -3.12. The number of carbonyl (C=O) groups excluding carboxylic acids is 1. The van der Waals surface area contributed by atoms with Gasteiger partial charge in [0.2, 0.25) is 0 Å². The number of hydrogen-bond acceptors (Lipinski definition) is 5. The van der Waals surface area contributed by atoms with Crippen molar-refractivity contribution in [3.63, 3.8) is 0 Å². The molecule has 6 nitrogen and oxygen atoms in total. The number of nitrogens with one attached hydrogen (secondary N) is 3. The lowest BCUT2D eigenvalue weighted by atomic mass is 10.2. The van der Waals surface area contributed by atoms with Crippen LogP contribution in [0.4, 0.5) is 23.0 Å². The summed E-state index contributed by atoms with van der Waals surface area (Å²) >= 11 is 5.85. The van der Waals surface area contributed by atoms with E-state index in [2.05, 4.69) is 25.9 Å². The molecule has 138 valence electrons. The molecule has 3 rings (SSSR count). The summed E-state index contributed by atoms with van der Waals surface area (Å²) < 4.78 is 0. The summed E-state index contributed by atoms with van der Waals surface area (Å²) in [7, 11) is 0. The number of anilines is 4. The van der Waals surface area contributed by atoms with Crippen molar-refractivity contribution >= 4 is 40.5 Å². The molecule has 1 heterocycles. The third kappa shape index (κ3) is 5.18. The van der Waals surface area contributed by atoms with E-state index in [9.17, 15) is 4.79 Å². The van der Waals surface area contributed by atoms with Gasteiger partial charge in [-0.25, -0.2) is 9.97 Å². The summed E-state index contributed by atoms with van der Waals surface area (Å²) in [6, 6.07) is 16.0. The Balaban J connectivity index is 1.67. The number of rotatable bonds is 6. The smallest absolute Gasteiger partial charge is 0.255 e. The molecule has 27 heavy (non-hydrogen) atoms. The van der Waals surface area contributed by atoms with Crippen LogP contribution < -0.4 is 16.0 Å². The van der Waals surface area contributed by atoms with Gasteiger partial charge in [-0.1, -0.05) is 11.6 Å². The van der Waals surface area contributed by atoms with Crippen LogP contribution in [0.1, 0.15) is 23.1 Å². The monoisotopic (exact) mass is 381 g/mol. The Morgan fingerprint density at radius 3 is 2.26 bits per heavy atom. The third-order valence-electron chi connectivity index (χ3n) is 3.72. The Bertz CT molecular complexity index is 926. The highest BCUT2D eigenvalue weighted by Crippen LogP contribution is 2.20. The van der Waals surface area contributed by atoms with Gasteiger partial charge in [0.25, 0.3) is 5.91 Å². The van der Waals surface area contributed by atoms with Gasteiger partial charge in [0, 0.05) is 34.6 Å². The fourth-order valence-electron chi connectivity index (χ4n) is 2.49. The Morgan fingerprint density at radius 1 is 0.963 bits per heavy atom. The molecule has 2 aromatic carbocycles. The number of aryl methyl sites for hydroxylation is 1. The number of aromatic nitrogens is 2. The van der Waals surface area contributed by atoms with Gasteiger partial charge in [-0.3, -0.25) is 4.79 Å². The van der Waals surface area contributed by atoms with Crippen molar-refractivity contribution in [2.24, 2.45) is 0 Å². The number of nitrogens with zero attached hydrogens (tertiary/aromatic N) is 2. The Labute approximate surface area is 163 Å². The minimum Gasteiger partial charge on any atom is -0.370 e. The predicted octanol–water partition coefficient (Wildman–Crippen LogP) is 4.87. The van der Waals surface area contributed by atoms with E-state index in [0.29, 0.717) is 27.9 Å². The van der Waals surface area contributed by atoms with Crippen LogP contribution in [0.2, 0.25) is 5.02 Å². The highest BCUT2D eigenvalue weighted by Gasteiger charge is 2.06. The fraction of sp³-hybridized carbons (Fsp3) is 0.150. The lowest BCUT2D eigenvalue weighted by Crippen LogP contribution is -2.11. The molecule has 0 aliphatic heterocycles. The van der Waals surface area contributed by atoms with E-state index in [-0.39, 0.29) is 5.91 Å². The normalized spacial score (nSPS) is 10.3. The maximum atomic E-state index is 12.2. The van der Waals surface area contributed by atoms with Crippen molar-refractivity contribution in [3.05, 3.63) is 71.0 Å². The standard InChI is InChI=1S/C20H20ClN5O/c1-3-22-18-12-19(24-13(2)23-18)25-16-8-10-17(11-9-16)26-20(27)14-4-6-15(21)7-5-14/h4-12H,3H2,1-2H3,(H,26,27)(H2,22,23,24,25). The van der Waals surface area contributed by atoms with Gasteiger partial charge < -0.3 is 16.0 Å². The van der Waals surface area contributed by atoms with E-state index in [4.69, 9.17) is 11.6 Å². The van der Waals surface area contributed by atoms with Crippen LogP contribution in [0.15, 0.2) is 54.6 Å². The van der Waals surface area contributed by atoms with Crippen molar-refractivity contribution in [2.45, 2.75) is 13.8 Å². The number of halogens is 1. The summed E-state index contributed by atoms with van der Waals surface area (Å²) in [6.07, 6.45) is 0. The zero-order chi connectivity index (χ0) is 19.2. The minimum atomic E-state index is -0.186. The number of amides is 1. The fourth-order valence-corrected chi connectivity index (χ4v) is 2.62. The third-order valence-corrected chi connectivity index (χ3v) is 3.97. The second kappa shape index (κ2) is 8.51. The second-order valence-corrected chi connectivity index (χ2v) is 6.32. The quantitative estimate of drug-likeness (QED) is 0.568. The molecule has 0 radical (unpaired) electrons. The van der Waals surface area contributed by atoms with Crippen LogP contribution >= 0.6 is 11.6 Å². The molecule has 0 aliphatic rings. The van der Waals surface area contributed by atoms with Crippen molar-refractivity contribution in [3.8, 4) is 0 Å². The largest absolute Gasteiger partial charge is 0.370 e. The van der Waals surface area contributed by atoms with Crippen LogP contribution in [0.3, 0.4) is 0 Å². The highest BCUT2D eigenvalue weighted by molar-refractivity contribution is 6.30. The lowest BCUT2D eigenvalue weighted by Gasteiger charge is -2.10. The number of carbonyl (C=O) groups is 1. The molecule has 0 saturated carbocycles. The average Bonchev–Trinajstić information content (AvgIpc) is 2.64. The molecular weight excluding hydrogens is 362 g/mol. The van der Waals surface area contributed by atoms with Crippen LogP contribution in [0, 0.1) is 6.92 Å². The Kier molecular flexibility index (Phi) is 5.88. The van der Waals surface area contributed by atoms with Gasteiger partial charge >= 0.3 is 0 Å². The zero-order valence-electron chi connectivity index (χ0n) is 15.1. The first-order chi connectivity index (χ1) is 13.0. The van der Waals surface area contributed by atoms with E-state index in [1.165, 1.54) is 0 Å². The molecule has 0 unspecified atom stereocenters. The van der Waals surface area contributed by atoms with Crippen LogP contribution in [-0.2, 0) is 0 Å². The minimum absolute atomic E-state index is 0.186. The van der Waals surface area contributed by atoms with E-state index >= 15 is 0 Å². The highest BCUT2D eigenvalue weighted by atomic mass is 35.5. The summed E-state index contributed by atoms with van der Waals surface area (Å²) in [5, 5.41) is 9.88. The van der Waals surface area contributed by atoms with Gasteiger partial charge in [-0.2, -0.15) is 0 Å². The first-order valence-corrected chi connectivity index (χ1v) is 8.95. The van der Waals surface area contributed by atoms with E-state index < -0.39 is 0 Å². The van der Waals surface area contributed by atoms with E-state index in [1.807, 2.05) is 44.2 Å². The van der Waals surface area contributed by atoms with E-state index in [0.717, 1.165) is 18.1 Å². The molecule has 1 amide bonds. The molecule has 3 aromatic rings. The average molecular weight is 382 g/mol. The Morgan fingerprint density at radius 2 is 1.59 bits per heavy atom. The first kappa shape index (κ1) is 18.7. The molecule has 7 heteroatoms. The summed E-state index contributed by atoms with van der Waals surface area (Å²) in [6.45, 7) is 4.65. The summed E-state index contributed by atoms with van der Waals surface area (Å²) in [5.41, 5.74) is 2.11. The molecule has 0 bridgehead atoms. The second-order valence-electron chi connectivity index (χ2n) is 5.88. The van der Waals surface area contributed by atoms with E-state index in [1.54, 1.807) is 24.3 Å². The maximum absolute atomic E-state index is 12.2. The SMILES string of the molecule is CCNc1cc(Nc2ccc(NC(=O)c3ccc(Cl)cc3)cc2)nc(C)n1. The van der Waals surface area contributed by atoms with Crippen molar-refractivity contribution in [1.29, 1.82) is 0 Å². The molecule has 0 spiro atoms. The molecule has 0 fully saturated rings.